The van der Waals surface area contributed by atoms with E-state index >= 15 is 0 Å². The summed E-state index contributed by atoms with van der Waals surface area (Å²) in [6.45, 7) is 0. The molecule has 0 atom stereocenters. The van der Waals surface area contributed by atoms with Crippen molar-refractivity contribution in [2.45, 2.75) is 19.3 Å². The second-order valence-corrected chi connectivity index (χ2v) is 6.40. The minimum Gasteiger partial charge on any atom is -0.508 e. The van der Waals surface area contributed by atoms with Crippen LogP contribution in [-0.4, -0.2) is 21.0 Å². The van der Waals surface area contributed by atoms with Gasteiger partial charge in [0.05, 0.1) is 5.56 Å². The topological polar surface area (TPSA) is 73.3 Å². The Bertz CT molecular complexity index is 870. The number of hydrogen-bond donors (Lipinski definition) is 3. The SMILES string of the molecule is O=C(CCCc1c[nH]c2ccc(O)cc12)c1cc(Br)ccc1O. The number of ketones is 1. The van der Waals surface area contributed by atoms with E-state index in [2.05, 4.69) is 20.9 Å². The molecule has 0 unspecified atom stereocenters. The maximum atomic E-state index is 12.2. The molecular formula is C18H16BrNO3. The molecule has 0 aliphatic heterocycles. The fourth-order valence-corrected chi connectivity index (χ4v) is 3.04. The number of phenols is 2. The molecule has 0 saturated carbocycles. The molecule has 23 heavy (non-hydrogen) atoms. The summed E-state index contributed by atoms with van der Waals surface area (Å²) < 4.78 is 0.769. The largest absolute Gasteiger partial charge is 0.508 e. The van der Waals surface area contributed by atoms with Gasteiger partial charge in [-0.2, -0.15) is 0 Å². The molecule has 3 aromatic rings. The van der Waals surface area contributed by atoms with Crippen LogP contribution in [0.1, 0.15) is 28.8 Å². The number of aromatic nitrogens is 1. The molecule has 0 bridgehead atoms. The van der Waals surface area contributed by atoms with Crippen molar-refractivity contribution in [2.75, 3.05) is 0 Å². The second kappa shape index (κ2) is 6.46. The highest BCUT2D eigenvalue weighted by Gasteiger charge is 2.12. The number of H-pyrrole nitrogens is 1. The van der Waals surface area contributed by atoms with E-state index in [0.717, 1.165) is 27.4 Å². The summed E-state index contributed by atoms with van der Waals surface area (Å²) in [6, 6.07) is 10.1. The van der Waals surface area contributed by atoms with Crippen molar-refractivity contribution in [3.8, 4) is 11.5 Å². The summed E-state index contributed by atoms with van der Waals surface area (Å²) in [4.78, 5) is 15.4. The first-order valence-corrected chi connectivity index (χ1v) is 8.14. The minimum atomic E-state index is -0.0773. The van der Waals surface area contributed by atoms with Gasteiger partial charge in [0.2, 0.25) is 0 Å². The lowest BCUT2D eigenvalue weighted by Gasteiger charge is -2.05. The first-order valence-electron chi connectivity index (χ1n) is 7.35. The Morgan fingerprint density at radius 1 is 1.13 bits per heavy atom. The molecule has 1 aromatic heterocycles. The van der Waals surface area contributed by atoms with Gasteiger partial charge in [-0.1, -0.05) is 15.9 Å². The van der Waals surface area contributed by atoms with E-state index in [1.165, 1.54) is 6.07 Å². The number of phenolic OH excluding ortho intramolecular Hbond substituents is 2. The molecule has 0 saturated heterocycles. The molecule has 5 heteroatoms. The van der Waals surface area contributed by atoms with Crippen LogP contribution >= 0.6 is 15.9 Å². The number of carbonyl (C=O) groups excluding carboxylic acids is 1. The normalized spacial score (nSPS) is 11.0. The Kier molecular flexibility index (Phi) is 4.39. The van der Waals surface area contributed by atoms with Crippen LogP contribution in [0.15, 0.2) is 47.1 Å². The average molecular weight is 374 g/mol. The molecule has 0 radical (unpaired) electrons. The van der Waals surface area contributed by atoms with Crippen molar-refractivity contribution in [2.24, 2.45) is 0 Å². The fraction of sp³-hybridized carbons (Fsp3) is 0.167. The van der Waals surface area contributed by atoms with Crippen LogP contribution in [-0.2, 0) is 6.42 Å². The van der Waals surface area contributed by atoms with Gasteiger partial charge < -0.3 is 15.2 Å². The van der Waals surface area contributed by atoms with Crippen LogP contribution in [0.25, 0.3) is 10.9 Å². The quantitative estimate of drug-likeness (QED) is 0.574. The summed E-state index contributed by atoms with van der Waals surface area (Å²) in [7, 11) is 0. The van der Waals surface area contributed by atoms with Gasteiger partial charge in [-0.3, -0.25) is 4.79 Å². The monoisotopic (exact) mass is 373 g/mol. The summed E-state index contributed by atoms with van der Waals surface area (Å²) in [6.07, 6.45) is 3.66. The predicted molar refractivity (Wildman–Crippen MR) is 93.0 cm³/mol. The first-order chi connectivity index (χ1) is 11.0. The molecular weight excluding hydrogens is 358 g/mol. The van der Waals surface area contributed by atoms with Gasteiger partial charge in [-0.05, 0) is 54.8 Å². The van der Waals surface area contributed by atoms with Gasteiger partial charge in [0, 0.05) is 28.0 Å². The summed E-state index contributed by atoms with van der Waals surface area (Å²) >= 11 is 3.31. The van der Waals surface area contributed by atoms with Gasteiger partial charge in [-0.15, -0.1) is 0 Å². The van der Waals surface area contributed by atoms with E-state index in [0.29, 0.717) is 18.4 Å². The smallest absolute Gasteiger partial charge is 0.166 e. The van der Waals surface area contributed by atoms with Crippen molar-refractivity contribution in [3.63, 3.8) is 0 Å². The Morgan fingerprint density at radius 3 is 2.78 bits per heavy atom. The number of nitrogens with one attached hydrogen (secondary N) is 1. The van der Waals surface area contributed by atoms with Crippen LogP contribution in [0, 0.1) is 0 Å². The highest BCUT2D eigenvalue weighted by atomic mass is 79.9. The molecule has 4 nitrogen and oxygen atoms in total. The molecule has 0 aliphatic carbocycles. The number of Topliss-reactive ketones (excluding diaryl/α,β-unsaturated/α-hetero) is 1. The van der Waals surface area contributed by atoms with Crippen molar-refractivity contribution in [3.05, 3.63) is 58.2 Å². The van der Waals surface area contributed by atoms with E-state index < -0.39 is 0 Å². The van der Waals surface area contributed by atoms with E-state index in [9.17, 15) is 15.0 Å². The number of aromatic hydroxyl groups is 2. The van der Waals surface area contributed by atoms with Crippen LogP contribution in [0.5, 0.6) is 11.5 Å². The summed E-state index contributed by atoms with van der Waals surface area (Å²) in [5.74, 6) is 0.162. The Balaban J connectivity index is 1.67. The zero-order valence-electron chi connectivity index (χ0n) is 12.3. The molecule has 0 aliphatic rings. The molecule has 0 amide bonds. The van der Waals surface area contributed by atoms with Crippen LogP contribution < -0.4 is 0 Å². The molecule has 1 heterocycles. The van der Waals surface area contributed by atoms with Crippen molar-refractivity contribution in [1.29, 1.82) is 0 Å². The van der Waals surface area contributed by atoms with Crippen LogP contribution in [0.4, 0.5) is 0 Å². The standard InChI is InChI=1S/C18H16BrNO3/c19-12-4-7-18(23)15(8-12)17(22)3-1-2-11-10-20-16-6-5-13(21)9-14(11)16/h4-10,20-21,23H,1-3H2. The summed E-state index contributed by atoms with van der Waals surface area (Å²) in [5.41, 5.74) is 2.38. The minimum absolute atomic E-state index is 0.00946. The first kappa shape index (κ1) is 15.6. The van der Waals surface area contributed by atoms with E-state index in [1.54, 1.807) is 24.3 Å². The zero-order chi connectivity index (χ0) is 16.4. The molecule has 3 N–H and O–H groups in total. The Labute approximate surface area is 141 Å². The van der Waals surface area contributed by atoms with Gasteiger partial charge in [0.1, 0.15) is 11.5 Å². The van der Waals surface area contributed by atoms with Gasteiger partial charge in [0.25, 0.3) is 0 Å². The number of hydrogen-bond acceptors (Lipinski definition) is 3. The fourth-order valence-electron chi connectivity index (χ4n) is 2.68. The Hall–Kier alpha value is -2.27. The van der Waals surface area contributed by atoms with E-state index in [-0.39, 0.29) is 17.3 Å². The number of benzene rings is 2. The lowest BCUT2D eigenvalue weighted by Crippen LogP contribution is -2.00. The van der Waals surface area contributed by atoms with Crippen LogP contribution in [0.3, 0.4) is 0 Å². The zero-order valence-corrected chi connectivity index (χ0v) is 13.9. The van der Waals surface area contributed by atoms with Gasteiger partial charge in [-0.25, -0.2) is 0 Å². The number of carbonyl (C=O) groups is 1. The number of rotatable bonds is 5. The molecule has 0 spiro atoms. The molecule has 118 valence electrons. The molecule has 2 aromatic carbocycles. The lowest BCUT2D eigenvalue weighted by atomic mass is 10.0. The third kappa shape index (κ3) is 3.40. The summed E-state index contributed by atoms with van der Waals surface area (Å²) in [5, 5.41) is 20.4. The van der Waals surface area contributed by atoms with Gasteiger partial charge >= 0.3 is 0 Å². The molecule has 0 fully saturated rings. The maximum absolute atomic E-state index is 12.2. The predicted octanol–water partition coefficient (Wildman–Crippen LogP) is 4.55. The van der Waals surface area contributed by atoms with Crippen molar-refractivity contribution < 1.29 is 15.0 Å². The second-order valence-electron chi connectivity index (χ2n) is 5.48. The third-order valence-corrected chi connectivity index (χ3v) is 4.35. The van der Waals surface area contributed by atoms with Gasteiger partial charge in [0.15, 0.2) is 5.78 Å². The average Bonchev–Trinajstić information content (AvgIpc) is 2.92. The number of halogens is 1. The maximum Gasteiger partial charge on any atom is 0.166 e. The highest BCUT2D eigenvalue weighted by Crippen LogP contribution is 2.26. The number of aryl methyl sites for hydroxylation is 1. The number of fused-ring (bicyclic) bond motifs is 1. The van der Waals surface area contributed by atoms with E-state index in [1.807, 2.05) is 12.3 Å². The van der Waals surface area contributed by atoms with Crippen molar-refractivity contribution >= 4 is 32.6 Å². The third-order valence-electron chi connectivity index (χ3n) is 3.86. The van der Waals surface area contributed by atoms with Crippen molar-refractivity contribution in [1.82, 2.24) is 4.98 Å². The lowest BCUT2D eigenvalue weighted by molar-refractivity contribution is 0.0977. The Morgan fingerprint density at radius 2 is 1.96 bits per heavy atom. The molecule has 3 rings (SSSR count). The van der Waals surface area contributed by atoms with Crippen LogP contribution in [0.2, 0.25) is 0 Å². The number of aromatic amines is 1. The highest BCUT2D eigenvalue weighted by molar-refractivity contribution is 9.10. The van der Waals surface area contributed by atoms with E-state index in [4.69, 9.17) is 0 Å².